The fourth-order valence-corrected chi connectivity index (χ4v) is 1.55. The zero-order valence-electron chi connectivity index (χ0n) is 7.07. The van der Waals surface area contributed by atoms with Crippen molar-refractivity contribution in [2.24, 2.45) is 0 Å². The minimum absolute atomic E-state index is 0. The van der Waals surface area contributed by atoms with Gasteiger partial charge in [-0.25, -0.2) is 0 Å². The molecule has 0 bridgehead atoms. The molecular formula is C7H7F2KO2S. The summed E-state index contributed by atoms with van der Waals surface area (Å²) in [6, 6.07) is 7.32. The second-order valence-corrected chi connectivity index (χ2v) is 4.42. The smallest absolute Gasteiger partial charge is 0.720 e. The largest absolute Gasteiger partial charge is 1.00 e. The van der Waals surface area contributed by atoms with Crippen LogP contribution in [0.4, 0.5) is 7.77 Å². The molecule has 0 N–H and O–H groups in total. The van der Waals surface area contributed by atoms with Crippen molar-refractivity contribution in [1.29, 1.82) is 0 Å². The fraction of sp³-hybridized carbons (Fsp3) is 0.143. The monoisotopic (exact) mass is 232 g/mol. The quantitative estimate of drug-likeness (QED) is 0.480. The molecule has 0 heterocycles. The molecule has 0 spiro atoms. The van der Waals surface area contributed by atoms with Gasteiger partial charge in [-0.3, -0.25) is 0 Å². The van der Waals surface area contributed by atoms with Crippen molar-refractivity contribution in [2.45, 2.75) is 5.75 Å². The molecule has 0 saturated carbocycles. The summed E-state index contributed by atoms with van der Waals surface area (Å²) in [6.45, 7) is 0. The maximum Gasteiger partial charge on any atom is 1.00 e. The van der Waals surface area contributed by atoms with Crippen LogP contribution in [0.15, 0.2) is 30.3 Å². The van der Waals surface area contributed by atoms with Crippen LogP contribution in [0, 0.1) is 0 Å². The van der Waals surface area contributed by atoms with Gasteiger partial charge in [0.15, 0.2) is 0 Å². The summed E-state index contributed by atoms with van der Waals surface area (Å²) < 4.78 is 44.3. The van der Waals surface area contributed by atoms with E-state index in [2.05, 4.69) is 0 Å². The molecule has 1 rings (SSSR count). The van der Waals surface area contributed by atoms with E-state index in [9.17, 15) is 16.5 Å². The molecular weight excluding hydrogens is 225 g/mol. The van der Waals surface area contributed by atoms with Gasteiger partial charge in [-0.1, -0.05) is 40.5 Å². The molecule has 0 aromatic heterocycles. The maximum atomic E-state index is 12.1. The van der Waals surface area contributed by atoms with Gasteiger partial charge in [0.2, 0.25) is 0 Å². The van der Waals surface area contributed by atoms with Crippen LogP contribution in [0.1, 0.15) is 5.56 Å². The van der Waals surface area contributed by atoms with E-state index in [1.54, 1.807) is 6.07 Å². The molecule has 0 aliphatic carbocycles. The Balaban J connectivity index is 0.00000144. The second-order valence-electron chi connectivity index (χ2n) is 2.46. The SMILES string of the molecule is O=S([O-])(F)(F)Cc1ccccc1.[K+]. The van der Waals surface area contributed by atoms with Gasteiger partial charge < -0.3 is 4.55 Å². The van der Waals surface area contributed by atoms with Gasteiger partial charge in [-0.2, -0.15) is 4.21 Å². The topological polar surface area (TPSA) is 40.1 Å². The molecule has 0 aliphatic rings. The first-order valence-corrected chi connectivity index (χ1v) is 5.06. The van der Waals surface area contributed by atoms with Crippen LogP contribution in [0.2, 0.25) is 0 Å². The van der Waals surface area contributed by atoms with Crippen LogP contribution < -0.4 is 51.4 Å². The molecule has 0 unspecified atom stereocenters. The van der Waals surface area contributed by atoms with E-state index in [1.807, 2.05) is 0 Å². The Morgan fingerprint density at radius 2 is 1.69 bits per heavy atom. The molecule has 0 atom stereocenters. The summed E-state index contributed by atoms with van der Waals surface area (Å²) in [5, 5.41) is 0. The van der Waals surface area contributed by atoms with E-state index >= 15 is 0 Å². The molecule has 1 aromatic carbocycles. The van der Waals surface area contributed by atoms with Crippen molar-refractivity contribution in [3.63, 3.8) is 0 Å². The van der Waals surface area contributed by atoms with E-state index < -0.39 is 15.9 Å². The van der Waals surface area contributed by atoms with Gasteiger partial charge in [0.25, 0.3) is 0 Å². The molecule has 68 valence electrons. The summed E-state index contributed by atoms with van der Waals surface area (Å²) in [6.07, 6.45) is 0. The average molecular weight is 232 g/mol. The third kappa shape index (κ3) is 6.84. The maximum absolute atomic E-state index is 12.1. The zero-order valence-corrected chi connectivity index (χ0v) is 11.0. The molecule has 0 aliphatic heterocycles. The summed E-state index contributed by atoms with van der Waals surface area (Å²) in [5.74, 6) is -1.21. The first-order valence-electron chi connectivity index (χ1n) is 3.19. The zero-order chi connectivity index (χ0) is 9.27. The van der Waals surface area contributed by atoms with E-state index in [0.29, 0.717) is 0 Å². The van der Waals surface area contributed by atoms with Gasteiger partial charge in [0.1, 0.15) is 0 Å². The third-order valence-corrected chi connectivity index (χ3v) is 2.02. The van der Waals surface area contributed by atoms with Crippen molar-refractivity contribution in [3.05, 3.63) is 35.9 Å². The Morgan fingerprint density at radius 1 is 1.23 bits per heavy atom. The van der Waals surface area contributed by atoms with Crippen molar-refractivity contribution >= 4 is 10.1 Å². The Bertz CT molecular complexity index is 325. The van der Waals surface area contributed by atoms with Crippen LogP contribution in [0.3, 0.4) is 0 Å². The molecule has 0 saturated heterocycles. The van der Waals surface area contributed by atoms with Crippen molar-refractivity contribution in [3.8, 4) is 0 Å². The first kappa shape index (κ1) is 13.8. The minimum atomic E-state index is -6.62. The van der Waals surface area contributed by atoms with Gasteiger partial charge in [0, 0.05) is 0 Å². The van der Waals surface area contributed by atoms with E-state index in [-0.39, 0.29) is 56.9 Å². The van der Waals surface area contributed by atoms with Crippen molar-refractivity contribution in [1.82, 2.24) is 0 Å². The van der Waals surface area contributed by atoms with Crippen molar-refractivity contribution < 1.29 is 67.9 Å². The molecule has 0 radical (unpaired) electrons. The molecule has 0 fully saturated rings. The number of hydrogen-bond acceptors (Lipinski definition) is 2. The van der Waals surface area contributed by atoms with Crippen LogP contribution in [-0.4, -0.2) is 8.76 Å². The van der Waals surface area contributed by atoms with Crippen LogP contribution in [0.5, 0.6) is 0 Å². The van der Waals surface area contributed by atoms with Gasteiger partial charge in [-0.15, -0.1) is 7.77 Å². The minimum Gasteiger partial charge on any atom is -0.720 e. The molecule has 6 heteroatoms. The Kier molecular flexibility index (Phi) is 4.85. The van der Waals surface area contributed by atoms with E-state index in [1.165, 1.54) is 24.3 Å². The predicted octanol–water partition coefficient (Wildman–Crippen LogP) is -1.09. The standard InChI is InChI=1S/C7H8F2O2S.K/c8-12(9,10,11)6-7-4-2-1-3-5-7;/h1-5H,6H2,(H,10,11);/q;+1/p-1. The number of benzene rings is 1. The molecule has 1 aromatic rings. The van der Waals surface area contributed by atoms with Crippen LogP contribution in [0.25, 0.3) is 0 Å². The van der Waals surface area contributed by atoms with Gasteiger partial charge in [-0.05, 0) is 5.56 Å². The second kappa shape index (κ2) is 4.56. The number of rotatable bonds is 2. The predicted molar refractivity (Wildman–Crippen MR) is 41.3 cm³/mol. The van der Waals surface area contributed by atoms with Crippen molar-refractivity contribution in [2.75, 3.05) is 0 Å². The fourth-order valence-electron chi connectivity index (χ4n) is 0.836. The number of halogens is 2. The Labute approximate surface area is 118 Å². The molecule has 13 heavy (non-hydrogen) atoms. The molecule has 0 amide bonds. The summed E-state index contributed by atoms with van der Waals surface area (Å²) in [5.41, 5.74) is 0.0921. The molecule has 2 nitrogen and oxygen atoms in total. The third-order valence-electron chi connectivity index (χ3n) is 1.24. The van der Waals surface area contributed by atoms with Crippen LogP contribution in [-0.2, 0) is 15.9 Å². The Hall–Kier alpha value is 0.826. The average Bonchev–Trinajstić information content (AvgIpc) is 1.83. The van der Waals surface area contributed by atoms with Crippen LogP contribution >= 0.6 is 0 Å². The normalized spacial score (nSPS) is 13.9. The summed E-state index contributed by atoms with van der Waals surface area (Å²) in [7, 11) is -6.62. The van der Waals surface area contributed by atoms with E-state index in [0.717, 1.165) is 0 Å². The van der Waals surface area contributed by atoms with Gasteiger partial charge >= 0.3 is 51.4 Å². The first-order chi connectivity index (χ1) is 5.33. The summed E-state index contributed by atoms with van der Waals surface area (Å²) >= 11 is 0. The summed E-state index contributed by atoms with van der Waals surface area (Å²) in [4.78, 5) is 0. The van der Waals surface area contributed by atoms with E-state index in [4.69, 9.17) is 0 Å². The van der Waals surface area contributed by atoms with Gasteiger partial charge in [0.05, 0.1) is 5.75 Å². The number of hydrogen-bond donors (Lipinski definition) is 0. The Morgan fingerprint density at radius 3 is 2.08 bits per heavy atom.